The maximum atomic E-state index is 13.5. The maximum absolute atomic E-state index is 13.5. The number of pyridine rings is 1. The second-order valence-corrected chi connectivity index (χ2v) is 10.8. The summed E-state index contributed by atoms with van der Waals surface area (Å²) >= 11 is 0. The average molecular weight is 427 g/mol. The molecule has 3 fully saturated rings. The molecule has 5 unspecified atom stereocenters. The second-order valence-electron chi connectivity index (χ2n) is 9.03. The van der Waals surface area contributed by atoms with E-state index in [0.29, 0.717) is 11.8 Å². The zero-order valence-electron chi connectivity index (χ0n) is 16.9. The summed E-state index contributed by atoms with van der Waals surface area (Å²) in [5.74, 6) is 1.57. The highest BCUT2D eigenvalue weighted by Gasteiger charge is 2.49. The van der Waals surface area contributed by atoms with Crippen LogP contribution in [-0.4, -0.2) is 25.2 Å². The molecule has 0 radical (unpaired) electrons. The highest BCUT2D eigenvalue weighted by atomic mass is 32.2. The Morgan fingerprint density at radius 2 is 1.93 bits per heavy atom. The van der Waals surface area contributed by atoms with Crippen LogP contribution in [0.4, 0.5) is 4.39 Å². The molecule has 5 atom stereocenters. The summed E-state index contributed by atoms with van der Waals surface area (Å²) in [6.07, 6.45) is 11.9. The van der Waals surface area contributed by atoms with Gasteiger partial charge in [-0.3, -0.25) is 4.98 Å². The molecule has 0 bridgehead atoms. The van der Waals surface area contributed by atoms with E-state index in [2.05, 4.69) is 15.8 Å². The van der Waals surface area contributed by atoms with Crippen molar-refractivity contribution in [2.45, 2.75) is 38.1 Å². The minimum absolute atomic E-state index is 0.0762. The molecule has 3 aliphatic rings. The topological polar surface area (TPSA) is 59.1 Å². The van der Waals surface area contributed by atoms with Gasteiger partial charge in [0, 0.05) is 17.8 Å². The molecule has 2 heterocycles. The molecular formula is C24H27FN2O2S. The van der Waals surface area contributed by atoms with Crippen LogP contribution in [0.25, 0.3) is 17.2 Å². The van der Waals surface area contributed by atoms with Crippen LogP contribution in [0.2, 0.25) is 0 Å². The standard InChI is InChI=1S/C24H27FN2O2S/c25-19-6-3-5-16(12-19)18-8-9-20(26-14-18)10-11-22-21-7-2-1-4-17(21)13-24-23(22)15-30(28,29)27-24/h3,5-6,8-12,14,17,21-24,27H,1-2,4,7,13,15H2/b11-10+. The van der Waals surface area contributed by atoms with Crippen molar-refractivity contribution < 1.29 is 12.8 Å². The lowest BCUT2D eigenvalue weighted by Gasteiger charge is -2.45. The number of fused-ring (bicyclic) bond motifs is 2. The number of sulfonamides is 1. The van der Waals surface area contributed by atoms with Crippen LogP contribution in [0.5, 0.6) is 0 Å². The van der Waals surface area contributed by atoms with E-state index >= 15 is 0 Å². The highest BCUT2D eigenvalue weighted by molar-refractivity contribution is 7.89. The third-order valence-corrected chi connectivity index (χ3v) is 8.69. The van der Waals surface area contributed by atoms with Crippen molar-refractivity contribution in [1.29, 1.82) is 0 Å². The quantitative estimate of drug-likeness (QED) is 0.778. The fraction of sp³-hybridized carbons (Fsp3) is 0.458. The molecule has 2 aliphatic carbocycles. The van der Waals surface area contributed by atoms with Gasteiger partial charge in [-0.2, -0.15) is 0 Å². The SMILES string of the molecule is O=S1(=O)CC2C(CC3CCCCC3C2/C=C/c2ccc(-c3cccc(F)c3)cn2)N1. The van der Waals surface area contributed by atoms with Gasteiger partial charge in [0.2, 0.25) is 10.0 Å². The molecule has 1 N–H and O–H groups in total. The molecule has 6 heteroatoms. The Morgan fingerprint density at radius 1 is 1.07 bits per heavy atom. The van der Waals surface area contributed by atoms with E-state index in [-0.39, 0.29) is 29.4 Å². The van der Waals surface area contributed by atoms with Gasteiger partial charge in [0.05, 0.1) is 11.4 Å². The zero-order chi connectivity index (χ0) is 20.7. The summed E-state index contributed by atoms with van der Waals surface area (Å²) in [7, 11) is -3.16. The van der Waals surface area contributed by atoms with Gasteiger partial charge in [0.15, 0.2) is 0 Å². The number of allylic oxidation sites excluding steroid dienone is 1. The molecule has 1 aliphatic heterocycles. The lowest BCUT2D eigenvalue weighted by molar-refractivity contribution is 0.0769. The van der Waals surface area contributed by atoms with E-state index in [1.165, 1.54) is 37.8 Å². The second kappa shape index (κ2) is 7.89. The van der Waals surface area contributed by atoms with Crippen molar-refractivity contribution in [3.63, 3.8) is 0 Å². The average Bonchev–Trinajstić information content (AvgIpc) is 3.05. The summed E-state index contributed by atoms with van der Waals surface area (Å²) in [6.45, 7) is 0. The van der Waals surface area contributed by atoms with Crippen LogP contribution in [0.3, 0.4) is 0 Å². The Kier molecular flexibility index (Phi) is 5.23. The minimum atomic E-state index is -3.16. The van der Waals surface area contributed by atoms with Gasteiger partial charge in [-0.05, 0) is 66.4 Å². The molecule has 1 aromatic carbocycles. The molecule has 5 rings (SSSR count). The Morgan fingerprint density at radius 3 is 2.73 bits per heavy atom. The van der Waals surface area contributed by atoms with E-state index in [4.69, 9.17) is 0 Å². The van der Waals surface area contributed by atoms with Gasteiger partial charge >= 0.3 is 0 Å². The summed E-state index contributed by atoms with van der Waals surface area (Å²) in [4.78, 5) is 4.54. The van der Waals surface area contributed by atoms with Crippen molar-refractivity contribution >= 4 is 16.1 Å². The van der Waals surface area contributed by atoms with E-state index in [9.17, 15) is 12.8 Å². The third-order valence-electron chi connectivity index (χ3n) is 7.21. The first-order valence-corrected chi connectivity index (χ1v) is 12.5. The van der Waals surface area contributed by atoms with Crippen LogP contribution in [0.15, 0.2) is 48.7 Å². The summed E-state index contributed by atoms with van der Waals surface area (Å²) in [5, 5.41) is 0. The molecule has 0 amide bonds. The van der Waals surface area contributed by atoms with Gasteiger partial charge in [0.25, 0.3) is 0 Å². The Balaban J connectivity index is 1.38. The van der Waals surface area contributed by atoms with E-state index < -0.39 is 10.0 Å². The highest BCUT2D eigenvalue weighted by Crippen LogP contribution is 2.49. The Hall–Kier alpha value is -2.05. The Labute approximate surface area is 177 Å². The van der Waals surface area contributed by atoms with Crippen LogP contribution >= 0.6 is 0 Å². The molecule has 158 valence electrons. The first-order valence-electron chi connectivity index (χ1n) is 10.9. The number of halogens is 1. The van der Waals surface area contributed by atoms with E-state index in [1.807, 2.05) is 24.3 Å². The normalized spacial score (nSPS) is 32.6. The number of nitrogens with one attached hydrogen (secondary N) is 1. The fourth-order valence-electron chi connectivity index (χ4n) is 5.86. The summed E-state index contributed by atoms with van der Waals surface area (Å²) < 4.78 is 40.9. The number of rotatable bonds is 3. The predicted octanol–water partition coefficient (Wildman–Crippen LogP) is 4.65. The summed E-state index contributed by atoms with van der Waals surface area (Å²) in [5.41, 5.74) is 2.53. The lowest BCUT2D eigenvalue weighted by atomic mass is 9.60. The number of hydrogen-bond donors (Lipinski definition) is 1. The van der Waals surface area contributed by atoms with Crippen molar-refractivity contribution in [3.8, 4) is 11.1 Å². The molecular weight excluding hydrogens is 399 g/mol. The number of nitrogens with zero attached hydrogens (tertiary/aromatic N) is 1. The predicted molar refractivity (Wildman–Crippen MR) is 116 cm³/mol. The van der Waals surface area contributed by atoms with E-state index in [1.54, 1.807) is 12.3 Å². The first-order chi connectivity index (χ1) is 14.5. The molecule has 2 aromatic rings. The maximum Gasteiger partial charge on any atom is 0.212 e. The van der Waals surface area contributed by atoms with Crippen LogP contribution in [-0.2, 0) is 10.0 Å². The third kappa shape index (κ3) is 3.95. The van der Waals surface area contributed by atoms with Crippen LogP contribution in [0, 0.1) is 29.5 Å². The Bertz CT molecular complexity index is 1050. The minimum Gasteiger partial charge on any atom is -0.256 e. The van der Waals surface area contributed by atoms with Crippen molar-refractivity contribution in [2.24, 2.45) is 23.7 Å². The van der Waals surface area contributed by atoms with Gasteiger partial charge in [-0.1, -0.05) is 43.5 Å². The van der Waals surface area contributed by atoms with Crippen LogP contribution in [0.1, 0.15) is 37.8 Å². The van der Waals surface area contributed by atoms with Crippen LogP contribution < -0.4 is 4.72 Å². The number of hydrogen-bond acceptors (Lipinski definition) is 3. The molecule has 1 saturated heterocycles. The first kappa shape index (κ1) is 19.9. The van der Waals surface area contributed by atoms with Gasteiger partial charge in [0.1, 0.15) is 5.82 Å². The lowest BCUT2D eigenvalue weighted by Crippen LogP contribution is -2.45. The summed E-state index contributed by atoms with van der Waals surface area (Å²) in [6, 6.07) is 10.5. The largest absolute Gasteiger partial charge is 0.256 e. The van der Waals surface area contributed by atoms with Gasteiger partial charge in [-0.25, -0.2) is 17.5 Å². The monoisotopic (exact) mass is 426 g/mol. The smallest absolute Gasteiger partial charge is 0.212 e. The van der Waals surface area contributed by atoms with Crippen molar-refractivity contribution in [3.05, 3.63) is 60.2 Å². The van der Waals surface area contributed by atoms with E-state index in [0.717, 1.165) is 23.2 Å². The number of benzene rings is 1. The fourth-order valence-corrected chi connectivity index (χ4v) is 7.64. The molecule has 30 heavy (non-hydrogen) atoms. The zero-order valence-corrected chi connectivity index (χ0v) is 17.7. The van der Waals surface area contributed by atoms with Gasteiger partial charge < -0.3 is 0 Å². The molecule has 1 aromatic heterocycles. The molecule has 2 saturated carbocycles. The van der Waals surface area contributed by atoms with Gasteiger partial charge in [-0.15, -0.1) is 0 Å². The number of aromatic nitrogens is 1. The van der Waals surface area contributed by atoms with Crippen molar-refractivity contribution in [2.75, 3.05) is 5.75 Å². The molecule has 4 nitrogen and oxygen atoms in total. The van der Waals surface area contributed by atoms with Crippen molar-refractivity contribution in [1.82, 2.24) is 9.71 Å². The molecule has 0 spiro atoms.